The number of hydrogen-bond donors (Lipinski definition) is 0. The average Bonchev–Trinajstić information content (AvgIpc) is 3.79. The fourth-order valence-corrected chi connectivity index (χ4v) is 9.69. The van der Waals surface area contributed by atoms with Gasteiger partial charge in [0.25, 0.3) is 0 Å². The minimum Gasteiger partial charge on any atom is -0.456 e. The molecule has 2 heteroatoms. The van der Waals surface area contributed by atoms with Gasteiger partial charge in [-0.1, -0.05) is 152 Å². The lowest BCUT2D eigenvalue weighted by molar-refractivity contribution is 0.669. The summed E-state index contributed by atoms with van der Waals surface area (Å²) in [5, 5.41) is 4.98. The van der Waals surface area contributed by atoms with Crippen molar-refractivity contribution in [3.05, 3.63) is 222 Å². The zero-order valence-electron chi connectivity index (χ0n) is 29.9. The van der Waals surface area contributed by atoms with Crippen molar-refractivity contribution in [2.24, 2.45) is 0 Å². The molecule has 12 rings (SSSR count). The third-order valence-electron chi connectivity index (χ3n) is 12.1. The number of anilines is 3. The van der Waals surface area contributed by atoms with Crippen molar-refractivity contribution in [3.8, 4) is 33.4 Å². The van der Waals surface area contributed by atoms with Crippen molar-refractivity contribution in [1.29, 1.82) is 0 Å². The lowest BCUT2D eigenvalue weighted by Gasteiger charge is -2.43. The molecule has 2 aliphatic carbocycles. The molecule has 0 aliphatic heterocycles. The Kier molecular flexibility index (Phi) is 6.29. The topological polar surface area (TPSA) is 16.4 Å². The van der Waals surface area contributed by atoms with Gasteiger partial charge in [-0.3, -0.25) is 0 Å². The van der Waals surface area contributed by atoms with Crippen LogP contribution in [-0.2, 0) is 5.41 Å². The molecule has 1 aromatic heterocycles. The highest BCUT2D eigenvalue weighted by molar-refractivity contribution is 6.08. The lowest BCUT2D eigenvalue weighted by atomic mass is 9.58. The Morgan fingerprint density at radius 3 is 1.71 bits per heavy atom. The first kappa shape index (κ1) is 30.3. The maximum absolute atomic E-state index is 6.15. The quantitative estimate of drug-likeness (QED) is 0.178. The normalized spacial score (nSPS) is 13.2. The van der Waals surface area contributed by atoms with E-state index in [1.165, 1.54) is 66.5 Å². The van der Waals surface area contributed by atoms with E-state index in [0.717, 1.165) is 38.9 Å². The Morgan fingerprint density at radius 1 is 0.382 bits per heavy atom. The molecule has 0 amide bonds. The van der Waals surface area contributed by atoms with Crippen molar-refractivity contribution in [2.45, 2.75) is 5.41 Å². The molecule has 0 saturated carbocycles. The van der Waals surface area contributed by atoms with E-state index in [2.05, 4.69) is 193 Å². The van der Waals surface area contributed by atoms with E-state index < -0.39 is 0 Å². The Hall–Kier alpha value is -7.16. The molecule has 10 aromatic rings. The van der Waals surface area contributed by atoms with Crippen molar-refractivity contribution in [2.75, 3.05) is 4.90 Å². The van der Waals surface area contributed by atoms with E-state index in [-0.39, 0.29) is 5.41 Å². The summed E-state index contributed by atoms with van der Waals surface area (Å²) in [6, 6.07) is 73.1. The van der Waals surface area contributed by atoms with Crippen molar-refractivity contribution < 1.29 is 4.42 Å². The first-order chi connectivity index (χ1) is 27.3. The molecule has 1 spiro atoms. The molecule has 55 heavy (non-hydrogen) atoms. The maximum atomic E-state index is 6.15. The van der Waals surface area contributed by atoms with Crippen LogP contribution in [0.15, 0.2) is 205 Å². The molecule has 0 unspecified atom stereocenters. The van der Waals surface area contributed by atoms with Gasteiger partial charge in [-0.2, -0.15) is 0 Å². The van der Waals surface area contributed by atoms with E-state index in [1.807, 2.05) is 12.1 Å². The van der Waals surface area contributed by atoms with E-state index in [1.54, 1.807) is 0 Å². The van der Waals surface area contributed by atoms with Gasteiger partial charge in [-0.15, -0.1) is 0 Å². The van der Waals surface area contributed by atoms with E-state index in [9.17, 15) is 0 Å². The van der Waals surface area contributed by atoms with Crippen LogP contribution < -0.4 is 4.90 Å². The minimum absolute atomic E-state index is 0.305. The zero-order chi connectivity index (χ0) is 36.1. The van der Waals surface area contributed by atoms with Gasteiger partial charge >= 0.3 is 0 Å². The van der Waals surface area contributed by atoms with Crippen LogP contribution in [0.2, 0.25) is 0 Å². The third-order valence-corrected chi connectivity index (χ3v) is 12.1. The molecular weight excluding hydrogens is 667 g/mol. The van der Waals surface area contributed by atoms with Gasteiger partial charge in [0, 0.05) is 27.7 Å². The molecule has 0 N–H and O–H groups in total. The van der Waals surface area contributed by atoms with Gasteiger partial charge in [-0.25, -0.2) is 0 Å². The van der Waals surface area contributed by atoms with E-state index >= 15 is 0 Å². The molecule has 0 saturated heterocycles. The first-order valence-corrected chi connectivity index (χ1v) is 19.0. The monoisotopic (exact) mass is 699 g/mol. The summed E-state index contributed by atoms with van der Waals surface area (Å²) in [4.78, 5) is 2.45. The second-order valence-corrected chi connectivity index (χ2v) is 14.8. The van der Waals surface area contributed by atoms with Crippen LogP contribution in [0.5, 0.6) is 0 Å². The molecule has 1 heterocycles. The van der Waals surface area contributed by atoms with Crippen molar-refractivity contribution >= 4 is 49.8 Å². The van der Waals surface area contributed by atoms with Gasteiger partial charge in [0.2, 0.25) is 0 Å². The highest BCUT2D eigenvalue weighted by Crippen LogP contribution is 2.65. The van der Waals surface area contributed by atoms with Crippen LogP contribution in [-0.4, -0.2) is 0 Å². The molecule has 0 radical (unpaired) electrons. The summed E-state index contributed by atoms with van der Waals surface area (Å²) in [6.07, 6.45) is 0. The van der Waals surface area contributed by atoms with Crippen LogP contribution in [0.25, 0.3) is 66.1 Å². The molecule has 0 fully saturated rings. The van der Waals surface area contributed by atoms with E-state index in [4.69, 9.17) is 4.42 Å². The Balaban J connectivity index is 1.04. The highest BCUT2D eigenvalue weighted by Gasteiger charge is 2.53. The molecule has 0 atom stereocenters. The zero-order valence-corrected chi connectivity index (χ0v) is 29.9. The van der Waals surface area contributed by atoms with Crippen LogP contribution >= 0.6 is 0 Å². The Morgan fingerprint density at radius 2 is 0.945 bits per heavy atom. The van der Waals surface area contributed by atoms with E-state index in [0.29, 0.717) is 0 Å². The van der Waals surface area contributed by atoms with Gasteiger partial charge in [0.15, 0.2) is 0 Å². The number of nitrogens with zero attached hydrogens (tertiary/aromatic N) is 1. The summed E-state index contributed by atoms with van der Waals surface area (Å²) in [7, 11) is 0. The summed E-state index contributed by atoms with van der Waals surface area (Å²) in [6.45, 7) is 0. The molecule has 256 valence electrons. The number of rotatable bonds is 5. The van der Waals surface area contributed by atoms with Crippen molar-refractivity contribution in [1.82, 2.24) is 0 Å². The molecular formula is C53H33NO. The number of fused-ring (bicyclic) bond motifs is 10. The Bertz CT molecular complexity index is 3100. The van der Waals surface area contributed by atoms with Crippen LogP contribution in [0, 0.1) is 0 Å². The first-order valence-electron chi connectivity index (χ1n) is 19.0. The smallest absolute Gasteiger partial charge is 0.135 e. The molecule has 2 aliphatic rings. The summed E-state index contributed by atoms with van der Waals surface area (Å²) in [5.74, 6) is 0. The third kappa shape index (κ3) is 4.19. The Labute approximate surface area is 319 Å². The van der Waals surface area contributed by atoms with Crippen LogP contribution in [0.4, 0.5) is 17.1 Å². The lowest BCUT2D eigenvalue weighted by Crippen LogP contribution is -2.36. The van der Waals surface area contributed by atoms with Gasteiger partial charge in [0.05, 0.1) is 11.1 Å². The maximum Gasteiger partial charge on any atom is 0.135 e. The fourth-order valence-electron chi connectivity index (χ4n) is 9.69. The van der Waals surface area contributed by atoms with Gasteiger partial charge in [0.1, 0.15) is 11.2 Å². The predicted molar refractivity (Wildman–Crippen MR) is 228 cm³/mol. The molecule has 0 bridgehead atoms. The number of para-hydroxylation sites is 1. The van der Waals surface area contributed by atoms with Gasteiger partial charge in [-0.05, 0) is 109 Å². The van der Waals surface area contributed by atoms with Crippen LogP contribution in [0.1, 0.15) is 22.3 Å². The average molecular weight is 700 g/mol. The number of hydrogen-bond acceptors (Lipinski definition) is 2. The number of benzene rings is 9. The van der Waals surface area contributed by atoms with Gasteiger partial charge < -0.3 is 9.32 Å². The summed E-state index contributed by atoms with van der Waals surface area (Å²) >= 11 is 0. The standard InChI is InChI=1S/C53H33NO/c1-2-11-34(12-3-1)35-23-28-39(29-24-35)54(40-30-25-36(26-31-40)38-27-32-50-43(33-38)41-15-5-7-22-49(41)55-50)48-21-10-20-47-52(48)42-16-4-6-17-44(42)53(47)45-18-8-13-37-14-9-19-46(53)51(37)45/h1-33H. The summed E-state index contributed by atoms with van der Waals surface area (Å²) < 4.78 is 6.15. The highest BCUT2D eigenvalue weighted by atomic mass is 16.3. The minimum atomic E-state index is -0.305. The predicted octanol–water partition coefficient (Wildman–Crippen LogP) is 14.2. The number of furan rings is 1. The largest absolute Gasteiger partial charge is 0.456 e. The fraction of sp³-hybridized carbons (Fsp3) is 0.0189. The molecule has 9 aromatic carbocycles. The van der Waals surface area contributed by atoms with Crippen LogP contribution in [0.3, 0.4) is 0 Å². The second kappa shape index (κ2) is 11.4. The molecule has 2 nitrogen and oxygen atoms in total. The SMILES string of the molecule is c1ccc(-c2ccc(N(c3ccc(-c4ccc5oc6ccccc6c5c4)cc3)c3cccc4c3-c3ccccc3C43c4cccc5cccc3c45)cc2)cc1. The second-order valence-electron chi connectivity index (χ2n) is 14.8. The van der Waals surface area contributed by atoms with Crippen molar-refractivity contribution in [3.63, 3.8) is 0 Å². The summed E-state index contributed by atoms with van der Waals surface area (Å²) in [5.41, 5.74) is 17.7.